The molecule has 0 fully saturated rings. The summed E-state index contributed by atoms with van der Waals surface area (Å²) in [4.78, 5) is 11.6. The summed E-state index contributed by atoms with van der Waals surface area (Å²) in [6, 6.07) is 0. The average Bonchev–Trinajstić information content (AvgIpc) is 2.25. The van der Waals surface area contributed by atoms with E-state index in [1.165, 1.54) is 0 Å². The number of carboxylic acid groups (broad SMARTS) is 1. The predicted molar refractivity (Wildman–Crippen MR) is 91.1 cm³/mol. The molecule has 1 unspecified atom stereocenters. The SMILES string of the molecule is CC(N)(C(=O)[O-])C(C)(C)C(C)(C)C(C)(C)C(C)(C)[N+](C)(C)C. The largest absolute Gasteiger partial charge is 0.548 e. The Morgan fingerprint density at radius 2 is 1.09 bits per heavy atom. The molecule has 0 amide bonds. The van der Waals surface area contributed by atoms with Gasteiger partial charge in [0, 0.05) is 5.41 Å². The van der Waals surface area contributed by atoms with Crippen LogP contribution in [0.15, 0.2) is 0 Å². The highest BCUT2D eigenvalue weighted by atomic mass is 16.4. The molecular weight excluding hydrogens is 276 g/mol. The first-order chi connectivity index (χ1) is 9.19. The molecule has 2 N–H and O–H groups in total. The van der Waals surface area contributed by atoms with E-state index < -0.39 is 16.9 Å². The van der Waals surface area contributed by atoms with Gasteiger partial charge in [0.05, 0.1) is 38.2 Å². The fourth-order valence-electron chi connectivity index (χ4n) is 3.29. The van der Waals surface area contributed by atoms with E-state index in [4.69, 9.17) is 5.73 Å². The fraction of sp³-hybridized carbons (Fsp3) is 0.944. The van der Waals surface area contributed by atoms with E-state index in [1.807, 2.05) is 13.8 Å². The summed E-state index contributed by atoms with van der Waals surface area (Å²) in [5.74, 6) is -1.20. The van der Waals surface area contributed by atoms with Crippen LogP contribution in [0.1, 0.15) is 62.3 Å². The maximum atomic E-state index is 11.6. The molecule has 1 atom stereocenters. The van der Waals surface area contributed by atoms with Gasteiger partial charge in [-0.3, -0.25) is 0 Å². The van der Waals surface area contributed by atoms with Crippen molar-refractivity contribution in [3.63, 3.8) is 0 Å². The van der Waals surface area contributed by atoms with Crippen LogP contribution >= 0.6 is 0 Å². The molecule has 0 aromatic rings. The van der Waals surface area contributed by atoms with Gasteiger partial charge in [-0.05, 0) is 31.6 Å². The van der Waals surface area contributed by atoms with E-state index in [0.717, 1.165) is 4.48 Å². The van der Waals surface area contributed by atoms with Gasteiger partial charge in [0.25, 0.3) is 0 Å². The zero-order valence-electron chi connectivity index (χ0n) is 16.8. The van der Waals surface area contributed by atoms with E-state index in [1.54, 1.807) is 6.92 Å². The predicted octanol–water partition coefficient (Wildman–Crippen LogP) is 2.02. The second-order valence-corrected chi connectivity index (χ2v) is 9.94. The molecule has 4 nitrogen and oxygen atoms in total. The Bertz CT molecular complexity index is 438. The van der Waals surface area contributed by atoms with Crippen LogP contribution in [-0.2, 0) is 4.79 Å². The highest BCUT2D eigenvalue weighted by molar-refractivity contribution is 5.77. The second kappa shape index (κ2) is 5.20. The minimum Gasteiger partial charge on any atom is -0.548 e. The molecule has 0 aliphatic heterocycles. The quantitative estimate of drug-likeness (QED) is 0.763. The molecule has 0 radical (unpaired) electrons. The Morgan fingerprint density at radius 3 is 1.32 bits per heavy atom. The number of nitrogens with zero attached hydrogens (tertiary/aromatic N) is 1. The van der Waals surface area contributed by atoms with E-state index >= 15 is 0 Å². The van der Waals surface area contributed by atoms with Crippen molar-refractivity contribution >= 4 is 5.97 Å². The van der Waals surface area contributed by atoms with Crippen molar-refractivity contribution in [2.45, 2.75) is 73.4 Å². The van der Waals surface area contributed by atoms with Crippen molar-refractivity contribution in [1.82, 2.24) is 0 Å². The Labute approximate surface area is 137 Å². The first-order valence-corrected chi connectivity index (χ1v) is 8.01. The molecule has 4 heteroatoms. The summed E-state index contributed by atoms with van der Waals surface area (Å²) < 4.78 is 0.770. The normalized spacial score (nSPS) is 18.0. The molecule has 22 heavy (non-hydrogen) atoms. The monoisotopic (exact) mass is 314 g/mol. The molecule has 0 saturated carbocycles. The number of rotatable bonds is 6. The van der Waals surface area contributed by atoms with E-state index in [9.17, 15) is 9.90 Å². The minimum atomic E-state index is -1.42. The molecule has 0 bridgehead atoms. The average molecular weight is 315 g/mol. The van der Waals surface area contributed by atoms with Crippen LogP contribution in [0.5, 0.6) is 0 Å². The van der Waals surface area contributed by atoms with Gasteiger partial charge in [0.2, 0.25) is 0 Å². The van der Waals surface area contributed by atoms with Crippen LogP contribution in [0.25, 0.3) is 0 Å². The third kappa shape index (κ3) is 2.58. The Kier molecular flexibility index (Phi) is 5.06. The molecule has 0 aromatic heterocycles. The standard InChI is InChI=1S/C18H38N2O2/c1-14(2,16(5,6)18(9,19)13(21)22)15(3,4)17(7,8)20(10,11)12/h19H2,1-12H3. The van der Waals surface area contributed by atoms with Gasteiger partial charge in [-0.2, -0.15) is 0 Å². The summed E-state index contributed by atoms with van der Waals surface area (Å²) in [6.07, 6.45) is 0. The molecule has 0 aliphatic carbocycles. The third-order valence-electron chi connectivity index (χ3n) is 8.05. The summed E-state index contributed by atoms with van der Waals surface area (Å²) >= 11 is 0. The maximum absolute atomic E-state index is 11.6. The lowest BCUT2D eigenvalue weighted by Gasteiger charge is -2.64. The summed E-state index contributed by atoms with van der Waals surface area (Å²) in [6.45, 7) is 18.6. The van der Waals surface area contributed by atoms with Crippen molar-refractivity contribution in [3.8, 4) is 0 Å². The van der Waals surface area contributed by atoms with Crippen molar-refractivity contribution in [3.05, 3.63) is 0 Å². The van der Waals surface area contributed by atoms with Crippen molar-refractivity contribution in [2.24, 2.45) is 22.0 Å². The van der Waals surface area contributed by atoms with Crippen LogP contribution in [0.3, 0.4) is 0 Å². The lowest BCUT2D eigenvalue weighted by Crippen LogP contribution is -2.72. The van der Waals surface area contributed by atoms with Crippen LogP contribution in [0.4, 0.5) is 0 Å². The number of carboxylic acids is 1. The number of hydrogen-bond acceptors (Lipinski definition) is 3. The number of carbonyl (C=O) groups is 1. The maximum Gasteiger partial charge on any atom is 0.0986 e. The lowest BCUT2D eigenvalue weighted by atomic mass is 9.45. The minimum absolute atomic E-state index is 0.101. The van der Waals surface area contributed by atoms with E-state index in [2.05, 4.69) is 62.7 Å². The number of hydrogen-bond donors (Lipinski definition) is 1. The Hall–Kier alpha value is -0.610. The smallest absolute Gasteiger partial charge is 0.0986 e. The highest BCUT2D eigenvalue weighted by Crippen LogP contribution is 2.60. The van der Waals surface area contributed by atoms with Gasteiger partial charge < -0.3 is 20.1 Å². The lowest BCUT2D eigenvalue weighted by molar-refractivity contribution is -0.930. The van der Waals surface area contributed by atoms with Gasteiger partial charge in [0.15, 0.2) is 0 Å². The van der Waals surface area contributed by atoms with Crippen LogP contribution in [0.2, 0.25) is 0 Å². The van der Waals surface area contributed by atoms with Crippen LogP contribution < -0.4 is 10.8 Å². The van der Waals surface area contributed by atoms with Gasteiger partial charge >= 0.3 is 0 Å². The van der Waals surface area contributed by atoms with Crippen LogP contribution in [0, 0.1) is 16.2 Å². The molecule has 132 valence electrons. The topological polar surface area (TPSA) is 66.2 Å². The molecule has 0 saturated heterocycles. The molecule has 0 spiro atoms. The Morgan fingerprint density at radius 1 is 0.773 bits per heavy atom. The summed E-state index contributed by atoms with van der Waals surface area (Å²) in [7, 11) is 6.52. The number of quaternary nitrogens is 1. The zero-order valence-corrected chi connectivity index (χ0v) is 16.8. The molecule has 0 aliphatic rings. The van der Waals surface area contributed by atoms with Crippen molar-refractivity contribution in [1.29, 1.82) is 0 Å². The van der Waals surface area contributed by atoms with Gasteiger partial charge in [-0.1, -0.05) is 41.5 Å². The van der Waals surface area contributed by atoms with E-state index in [-0.39, 0.29) is 16.4 Å². The Balaban J connectivity index is 6.29. The number of aliphatic carboxylic acids is 1. The number of nitrogens with two attached hydrogens (primary N) is 1. The zero-order chi connectivity index (χ0) is 18.6. The van der Waals surface area contributed by atoms with Gasteiger partial charge in [0.1, 0.15) is 0 Å². The molecule has 0 heterocycles. The second-order valence-electron chi connectivity index (χ2n) is 9.94. The van der Waals surface area contributed by atoms with Gasteiger partial charge in [-0.25, -0.2) is 0 Å². The number of carbonyl (C=O) groups excluding carboxylic acids is 1. The first kappa shape index (κ1) is 21.4. The van der Waals surface area contributed by atoms with Crippen molar-refractivity contribution in [2.75, 3.05) is 21.1 Å². The van der Waals surface area contributed by atoms with Crippen LogP contribution in [-0.4, -0.2) is 42.7 Å². The highest BCUT2D eigenvalue weighted by Gasteiger charge is 2.63. The fourth-order valence-corrected chi connectivity index (χ4v) is 3.29. The summed E-state index contributed by atoms with van der Waals surface area (Å²) in [5, 5.41) is 11.6. The van der Waals surface area contributed by atoms with Crippen molar-refractivity contribution < 1.29 is 14.4 Å². The van der Waals surface area contributed by atoms with E-state index in [0.29, 0.717) is 0 Å². The molecular formula is C18H38N2O2. The third-order valence-corrected chi connectivity index (χ3v) is 8.05. The molecule has 0 rings (SSSR count). The van der Waals surface area contributed by atoms with Gasteiger partial charge in [-0.15, -0.1) is 0 Å². The molecule has 0 aromatic carbocycles. The summed E-state index contributed by atoms with van der Waals surface area (Å²) in [5.41, 5.74) is 3.45. The first-order valence-electron chi connectivity index (χ1n) is 8.01.